The normalized spacial score (nSPS) is 27.8. The van der Waals surface area contributed by atoms with Crippen molar-refractivity contribution < 1.29 is 0 Å². The first-order valence-corrected chi connectivity index (χ1v) is 7.74. The zero-order chi connectivity index (χ0) is 13.1. The van der Waals surface area contributed by atoms with Gasteiger partial charge in [0.2, 0.25) is 0 Å². The highest BCUT2D eigenvalue weighted by molar-refractivity contribution is 4.84. The Labute approximate surface area is 113 Å². The summed E-state index contributed by atoms with van der Waals surface area (Å²) in [5, 5.41) is 0. The lowest BCUT2D eigenvalue weighted by atomic mass is 9.89. The van der Waals surface area contributed by atoms with E-state index in [9.17, 15) is 0 Å². The molecule has 0 amide bonds. The Morgan fingerprint density at radius 2 is 1.28 bits per heavy atom. The smallest absolute Gasteiger partial charge is 0.0113 e. The predicted molar refractivity (Wildman–Crippen MR) is 78.0 cm³/mol. The third kappa shape index (κ3) is 3.46. The summed E-state index contributed by atoms with van der Waals surface area (Å²) in [5.41, 5.74) is 0. The monoisotopic (exact) mass is 253 g/mol. The summed E-state index contributed by atoms with van der Waals surface area (Å²) in [7, 11) is 2.25. The Bertz CT molecular complexity index is 238. The Kier molecular flexibility index (Phi) is 5.05. The summed E-state index contributed by atoms with van der Waals surface area (Å²) in [5.74, 6) is 0.923. The number of hydrogen-bond acceptors (Lipinski definition) is 3. The van der Waals surface area contributed by atoms with Gasteiger partial charge in [-0.3, -0.25) is 9.80 Å². The molecule has 2 heterocycles. The molecule has 0 saturated carbocycles. The van der Waals surface area contributed by atoms with E-state index in [1.165, 1.54) is 52.1 Å². The van der Waals surface area contributed by atoms with E-state index in [4.69, 9.17) is 0 Å². The highest BCUT2D eigenvalue weighted by Crippen LogP contribution is 2.24. The van der Waals surface area contributed by atoms with Crippen molar-refractivity contribution in [2.75, 3.05) is 46.3 Å². The van der Waals surface area contributed by atoms with Crippen molar-refractivity contribution in [3.63, 3.8) is 0 Å². The minimum absolute atomic E-state index is 0.714. The summed E-state index contributed by atoms with van der Waals surface area (Å²) in [4.78, 5) is 7.81. The molecule has 0 aromatic carbocycles. The molecule has 0 radical (unpaired) electrons. The van der Waals surface area contributed by atoms with Crippen LogP contribution in [0.2, 0.25) is 0 Å². The molecule has 2 aliphatic heterocycles. The summed E-state index contributed by atoms with van der Waals surface area (Å²) >= 11 is 0. The zero-order valence-corrected chi connectivity index (χ0v) is 12.7. The summed E-state index contributed by atoms with van der Waals surface area (Å²) in [6.45, 7) is 14.7. The molecule has 106 valence electrons. The van der Waals surface area contributed by atoms with Gasteiger partial charge in [-0.05, 0) is 59.7 Å². The second-order valence-electron chi connectivity index (χ2n) is 6.55. The Balaban J connectivity index is 1.78. The van der Waals surface area contributed by atoms with Crippen LogP contribution in [0, 0.1) is 5.92 Å². The van der Waals surface area contributed by atoms with Gasteiger partial charge in [0.05, 0.1) is 0 Å². The van der Waals surface area contributed by atoms with Crippen molar-refractivity contribution in [1.29, 1.82) is 0 Å². The number of nitrogens with zero attached hydrogens (tertiary/aromatic N) is 3. The van der Waals surface area contributed by atoms with Crippen LogP contribution in [0.1, 0.15) is 33.6 Å². The highest BCUT2D eigenvalue weighted by atomic mass is 15.3. The molecule has 0 aromatic rings. The van der Waals surface area contributed by atoms with Gasteiger partial charge in [0.25, 0.3) is 0 Å². The lowest BCUT2D eigenvalue weighted by Gasteiger charge is -2.43. The van der Waals surface area contributed by atoms with E-state index >= 15 is 0 Å². The van der Waals surface area contributed by atoms with E-state index in [1.54, 1.807) is 0 Å². The minimum atomic E-state index is 0.714. The fourth-order valence-corrected chi connectivity index (χ4v) is 3.47. The average molecular weight is 253 g/mol. The highest BCUT2D eigenvalue weighted by Gasteiger charge is 2.29. The van der Waals surface area contributed by atoms with Crippen LogP contribution in [-0.4, -0.2) is 73.1 Å². The number of piperazine rings is 1. The van der Waals surface area contributed by atoms with Crippen LogP contribution in [0.15, 0.2) is 0 Å². The van der Waals surface area contributed by atoms with Crippen molar-refractivity contribution in [1.82, 2.24) is 14.7 Å². The molecule has 0 bridgehead atoms. The zero-order valence-electron chi connectivity index (χ0n) is 12.7. The van der Waals surface area contributed by atoms with Crippen molar-refractivity contribution in [3.8, 4) is 0 Å². The fourth-order valence-electron chi connectivity index (χ4n) is 3.47. The maximum absolute atomic E-state index is 2.73. The molecule has 18 heavy (non-hydrogen) atoms. The van der Waals surface area contributed by atoms with Crippen LogP contribution in [0.4, 0.5) is 0 Å². The van der Waals surface area contributed by atoms with Crippen LogP contribution >= 0.6 is 0 Å². The van der Waals surface area contributed by atoms with Gasteiger partial charge in [0.15, 0.2) is 0 Å². The Hall–Kier alpha value is -0.120. The molecule has 2 rings (SSSR count). The molecule has 2 saturated heterocycles. The molecular formula is C15H31N3. The lowest BCUT2D eigenvalue weighted by Crippen LogP contribution is -2.53. The van der Waals surface area contributed by atoms with Gasteiger partial charge in [-0.1, -0.05) is 0 Å². The van der Waals surface area contributed by atoms with Crippen LogP contribution in [-0.2, 0) is 0 Å². The standard InChI is InChI=1S/C15H31N3/c1-13(2)17-9-11-18(12-10-17)14(3)15-5-7-16(4)8-6-15/h13-15H,5-12H2,1-4H3. The van der Waals surface area contributed by atoms with Crippen LogP contribution in [0.5, 0.6) is 0 Å². The predicted octanol–water partition coefficient (Wildman–Crippen LogP) is 1.74. The van der Waals surface area contributed by atoms with E-state index in [2.05, 4.69) is 42.5 Å². The second kappa shape index (κ2) is 6.36. The van der Waals surface area contributed by atoms with Gasteiger partial charge < -0.3 is 4.90 Å². The molecule has 0 spiro atoms. The first-order valence-electron chi connectivity index (χ1n) is 7.74. The molecule has 0 aliphatic carbocycles. The summed E-state index contributed by atoms with van der Waals surface area (Å²) < 4.78 is 0. The molecule has 0 N–H and O–H groups in total. The fraction of sp³-hybridized carbons (Fsp3) is 1.00. The number of rotatable bonds is 3. The maximum atomic E-state index is 2.73. The quantitative estimate of drug-likeness (QED) is 0.758. The van der Waals surface area contributed by atoms with Crippen molar-refractivity contribution in [2.24, 2.45) is 5.92 Å². The average Bonchev–Trinajstić information content (AvgIpc) is 2.39. The third-order valence-electron chi connectivity index (χ3n) is 5.10. The van der Waals surface area contributed by atoms with E-state index < -0.39 is 0 Å². The number of likely N-dealkylation sites (tertiary alicyclic amines) is 1. The van der Waals surface area contributed by atoms with Gasteiger partial charge in [-0.25, -0.2) is 0 Å². The largest absolute Gasteiger partial charge is 0.306 e. The Morgan fingerprint density at radius 3 is 1.78 bits per heavy atom. The Morgan fingerprint density at radius 1 is 0.778 bits per heavy atom. The van der Waals surface area contributed by atoms with E-state index in [-0.39, 0.29) is 0 Å². The first-order chi connectivity index (χ1) is 8.58. The van der Waals surface area contributed by atoms with Gasteiger partial charge >= 0.3 is 0 Å². The molecule has 0 aromatic heterocycles. The third-order valence-corrected chi connectivity index (χ3v) is 5.10. The van der Waals surface area contributed by atoms with Crippen LogP contribution in [0.25, 0.3) is 0 Å². The molecule has 3 heteroatoms. The van der Waals surface area contributed by atoms with Gasteiger partial charge in [0, 0.05) is 38.3 Å². The first kappa shape index (κ1) is 14.3. The van der Waals surface area contributed by atoms with Gasteiger partial charge in [0.1, 0.15) is 0 Å². The van der Waals surface area contributed by atoms with Crippen molar-refractivity contribution in [3.05, 3.63) is 0 Å². The van der Waals surface area contributed by atoms with Gasteiger partial charge in [-0.2, -0.15) is 0 Å². The second-order valence-corrected chi connectivity index (χ2v) is 6.55. The molecule has 2 aliphatic rings. The number of hydrogen-bond donors (Lipinski definition) is 0. The maximum Gasteiger partial charge on any atom is 0.0113 e. The van der Waals surface area contributed by atoms with Crippen molar-refractivity contribution in [2.45, 2.75) is 45.7 Å². The lowest BCUT2D eigenvalue weighted by molar-refractivity contribution is 0.0469. The molecule has 3 nitrogen and oxygen atoms in total. The van der Waals surface area contributed by atoms with E-state index in [1.807, 2.05) is 0 Å². The minimum Gasteiger partial charge on any atom is -0.306 e. The van der Waals surface area contributed by atoms with Crippen molar-refractivity contribution >= 4 is 0 Å². The van der Waals surface area contributed by atoms with Crippen LogP contribution < -0.4 is 0 Å². The molecule has 2 fully saturated rings. The summed E-state index contributed by atoms with van der Waals surface area (Å²) in [6.07, 6.45) is 2.78. The van der Waals surface area contributed by atoms with Gasteiger partial charge in [-0.15, -0.1) is 0 Å². The topological polar surface area (TPSA) is 9.72 Å². The van der Waals surface area contributed by atoms with E-state index in [0.29, 0.717) is 6.04 Å². The summed E-state index contributed by atoms with van der Waals surface area (Å²) in [6, 6.07) is 1.50. The SMILES string of the molecule is CC(C)N1CCN(C(C)C2CCN(C)CC2)CC1. The van der Waals surface area contributed by atoms with Crippen LogP contribution in [0.3, 0.4) is 0 Å². The van der Waals surface area contributed by atoms with E-state index in [0.717, 1.165) is 12.0 Å². The molecule has 1 atom stereocenters. The molecule has 1 unspecified atom stereocenters. The number of piperidine rings is 1. The molecular weight excluding hydrogens is 222 g/mol.